The number of amides is 2. The van der Waals surface area contributed by atoms with Crippen LogP contribution >= 0.6 is 23.2 Å². The highest BCUT2D eigenvalue weighted by Gasteiger charge is 2.30. The first-order valence-corrected chi connectivity index (χ1v) is 14.0. The summed E-state index contributed by atoms with van der Waals surface area (Å²) in [5.74, 6) is -0.634. The number of carbonyl (C=O) groups excluding carboxylic acids is 2. The number of carbonyl (C=O) groups is 2. The van der Waals surface area contributed by atoms with E-state index in [-0.39, 0.29) is 18.4 Å². The Hall–Kier alpha value is -2.29. The van der Waals surface area contributed by atoms with E-state index in [4.69, 9.17) is 23.2 Å². The van der Waals surface area contributed by atoms with Crippen molar-refractivity contribution in [2.24, 2.45) is 0 Å². The Morgan fingerprint density at radius 3 is 2.06 bits per heavy atom. The number of halogens is 2. The lowest BCUT2D eigenvalue weighted by Crippen LogP contribution is -2.51. The van der Waals surface area contributed by atoms with E-state index >= 15 is 0 Å². The minimum Gasteiger partial charge on any atom is -0.354 e. The van der Waals surface area contributed by atoms with E-state index in [1.807, 2.05) is 32.9 Å². The third kappa shape index (κ3) is 7.85. The summed E-state index contributed by atoms with van der Waals surface area (Å²) in [6.07, 6.45) is 1.78. The molecule has 0 aromatic heterocycles. The summed E-state index contributed by atoms with van der Waals surface area (Å²) in [4.78, 5) is 27.6. The van der Waals surface area contributed by atoms with E-state index in [9.17, 15) is 18.0 Å². The number of hydrogen-bond donors (Lipinski definition) is 1. The maximum atomic E-state index is 13.5. The average molecular weight is 543 g/mol. The Balaban J connectivity index is 2.42. The monoisotopic (exact) mass is 541 g/mol. The predicted molar refractivity (Wildman–Crippen MR) is 142 cm³/mol. The molecule has 2 aromatic rings. The molecule has 0 bridgehead atoms. The van der Waals surface area contributed by atoms with Gasteiger partial charge in [-0.3, -0.25) is 13.9 Å². The van der Waals surface area contributed by atoms with Gasteiger partial charge >= 0.3 is 0 Å². The molecule has 0 saturated carbocycles. The summed E-state index contributed by atoms with van der Waals surface area (Å²) in [7, 11) is -3.80. The fourth-order valence-corrected chi connectivity index (χ4v) is 4.84. The molecule has 1 atom stereocenters. The molecule has 0 aliphatic carbocycles. The minimum absolute atomic E-state index is 0.0536. The molecule has 2 aromatic carbocycles. The van der Waals surface area contributed by atoms with Gasteiger partial charge < -0.3 is 10.2 Å². The van der Waals surface area contributed by atoms with Gasteiger partial charge in [0.25, 0.3) is 0 Å². The first-order valence-electron chi connectivity index (χ1n) is 11.4. The van der Waals surface area contributed by atoms with Gasteiger partial charge in [-0.1, -0.05) is 62.2 Å². The molecular weight excluding hydrogens is 509 g/mol. The highest BCUT2D eigenvalue weighted by atomic mass is 35.5. The summed E-state index contributed by atoms with van der Waals surface area (Å²) in [6.45, 7) is 7.51. The van der Waals surface area contributed by atoms with E-state index in [2.05, 4.69) is 5.32 Å². The molecule has 0 aliphatic heterocycles. The van der Waals surface area contributed by atoms with Gasteiger partial charge in [0.1, 0.15) is 12.6 Å². The number of anilines is 1. The predicted octanol–water partition coefficient (Wildman–Crippen LogP) is 4.83. The van der Waals surface area contributed by atoms with Crippen LogP contribution in [0.5, 0.6) is 0 Å². The summed E-state index contributed by atoms with van der Waals surface area (Å²) >= 11 is 12.7. The van der Waals surface area contributed by atoms with Gasteiger partial charge in [0, 0.05) is 28.7 Å². The summed E-state index contributed by atoms with van der Waals surface area (Å²) in [6, 6.07) is 11.1. The van der Waals surface area contributed by atoms with Crippen molar-refractivity contribution < 1.29 is 18.0 Å². The fraction of sp³-hybridized carbons (Fsp3) is 0.440. The topological polar surface area (TPSA) is 86.8 Å². The molecule has 192 valence electrons. The molecule has 10 heteroatoms. The second kappa shape index (κ2) is 12.6. The molecule has 1 unspecified atom stereocenters. The van der Waals surface area contributed by atoms with Crippen molar-refractivity contribution in [1.82, 2.24) is 10.2 Å². The zero-order chi connectivity index (χ0) is 26.3. The van der Waals surface area contributed by atoms with E-state index in [0.29, 0.717) is 27.8 Å². The molecule has 0 saturated heterocycles. The third-order valence-corrected chi connectivity index (χ3v) is 7.48. The Kier molecular flexibility index (Phi) is 10.4. The van der Waals surface area contributed by atoms with Gasteiger partial charge in [-0.15, -0.1) is 0 Å². The largest absolute Gasteiger partial charge is 0.354 e. The van der Waals surface area contributed by atoms with Crippen molar-refractivity contribution in [1.29, 1.82) is 0 Å². The molecule has 35 heavy (non-hydrogen) atoms. The molecule has 0 fully saturated rings. The summed E-state index contributed by atoms with van der Waals surface area (Å²) in [5, 5.41) is 3.48. The number of nitrogens with one attached hydrogen (secondary N) is 1. The van der Waals surface area contributed by atoms with Crippen LogP contribution in [0.4, 0.5) is 5.69 Å². The van der Waals surface area contributed by atoms with E-state index in [0.717, 1.165) is 22.5 Å². The second-order valence-electron chi connectivity index (χ2n) is 8.70. The molecule has 1 N–H and O–H groups in total. The lowest BCUT2D eigenvalue weighted by Gasteiger charge is -2.32. The Morgan fingerprint density at radius 1 is 1.00 bits per heavy atom. The van der Waals surface area contributed by atoms with Crippen LogP contribution in [0, 0.1) is 0 Å². The highest BCUT2D eigenvalue weighted by Crippen LogP contribution is 2.27. The van der Waals surface area contributed by atoms with Crippen LogP contribution in [-0.4, -0.2) is 50.5 Å². The minimum atomic E-state index is -3.80. The molecule has 7 nitrogen and oxygen atoms in total. The summed E-state index contributed by atoms with van der Waals surface area (Å²) < 4.78 is 26.3. The molecule has 0 radical (unpaired) electrons. The van der Waals surface area contributed by atoms with Gasteiger partial charge in [0.2, 0.25) is 21.8 Å². The third-order valence-electron chi connectivity index (χ3n) is 5.63. The number of nitrogens with zero attached hydrogens (tertiary/aromatic N) is 2. The molecule has 2 rings (SSSR count). The van der Waals surface area contributed by atoms with Gasteiger partial charge in [0.15, 0.2) is 0 Å². The standard InChI is InChI=1S/C25H33Cl2N3O4S/c1-6-14-28-25(32)18(4)29(15-21-22(26)8-7-9-23(21)27)24(31)16-30(35(5,33)34)20-12-10-19(11-13-20)17(2)3/h7-13,17-18H,6,14-16H2,1-5H3,(H,28,32). The zero-order valence-corrected chi connectivity index (χ0v) is 23.0. The van der Waals surface area contributed by atoms with Crippen molar-refractivity contribution >= 4 is 50.7 Å². The molecule has 2 amide bonds. The SMILES string of the molecule is CCCNC(=O)C(C)N(Cc1c(Cl)cccc1Cl)C(=O)CN(c1ccc(C(C)C)cc1)S(C)(=O)=O. The molecule has 0 spiro atoms. The van der Waals surface area contributed by atoms with Crippen LogP contribution < -0.4 is 9.62 Å². The lowest BCUT2D eigenvalue weighted by molar-refractivity contribution is -0.139. The number of hydrogen-bond acceptors (Lipinski definition) is 4. The van der Waals surface area contributed by atoms with Crippen LogP contribution in [0.15, 0.2) is 42.5 Å². The van der Waals surface area contributed by atoms with Gasteiger partial charge in [-0.2, -0.15) is 0 Å². The van der Waals surface area contributed by atoms with Crippen LogP contribution in [0.3, 0.4) is 0 Å². The van der Waals surface area contributed by atoms with E-state index in [1.165, 1.54) is 4.90 Å². The van der Waals surface area contributed by atoms with Crippen molar-refractivity contribution in [3.63, 3.8) is 0 Å². The Labute approximate surface area is 218 Å². The van der Waals surface area contributed by atoms with Crippen LogP contribution in [0.2, 0.25) is 10.0 Å². The first kappa shape index (κ1) is 28.9. The first-order chi connectivity index (χ1) is 16.4. The average Bonchev–Trinajstić information content (AvgIpc) is 2.79. The molecule has 0 aliphatic rings. The Morgan fingerprint density at radius 2 is 1.57 bits per heavy atom. The maximum absolute atomic E-state index is 13.5. The number of benzene rings is 2. The van der Waals surface area contributed by atoms with E-state index < -0.39 is 28.5 Å². The van der Waals surface area contributed by atoms with Crippen LogP contribution in [0.1, 0.15) is 51.2 Å². The highest BCUT2D eigenvalue weighted by molar-refractivity contribution is 7.92. The fourth-order valence-electron chi connectivity index (χ4n) is 3.47. The van der Waals surface area contributed by atoms with Crippen molar-refractivity contribution in [3.05, 3.63) is 63.6 Å². The van der Waals surface area contributed by atoms with Crippen LogP contribution in [-0.2, 0) is 26.2 Å². The Bertz CT molecular complexity index is 1120. The quantitative estimate of drug-likeness (QED) is 0.441. The molecular formula is C25H33Cl2N3O4S. The van der Waals surface area contributed by atoms with E-state index in [1.54, 1.807) is 37.3 Å². The normalized spacial score (nSPS) is 12.3. The molecule has 0 heterocycles. The van der Waals surface area contributed by atoms with Crippen molar-refractivity contribution in [2.45, 2.75) is 52.6 Å². The van der Waals surface area contributed by atoms with Crippen molar-refractivity contribution in [2.75, 3.05) is 23.7 Å². The number of sulfonamides is 1. The smallest absolute Gasteiger partial charge is 0.244 e. The maximum Gasteiger partial charge on any atom is 0.244 e. The zero-order valence-electron chi connectivity index (χ0n) is 20.7. The second-order valence-corrected chi connectivity index (χ2v) is 11.4. The van der Waals surface area contributed by atoms with Crippen LogP contribution in [0.25, 0.3) is 0 Å². The summed E-state index contributed by atoms with van der Waals surface area (Å²) in [5.41, 5.74) is 1.89. The van der Waals surface area contributed by atoms with Crippen molar-refractivity contribution in [3.8, 4) is 0 Å². The van der Waals surface area contributed by atoms with Gasteiger partial charge in [0.05, 0.1) is 11.9 Å². The lowest BCUT2D eigenvalue weighted by atomic mass is 10.0. The van der Waals surface area contributed by atoms with Gasteiger partial charge in [-0.25, -0.2) is 8.42 Å². The number of rotatable bonds is 11. The van der Waals surface area contributed by atoms with Gasteiger partial charge in [-0.05, 0) is 49.1 Å².